The number of fused-ring (bicyclic) bond motifs is 10. The molecule has 0 saturated heterocycles. The smallest absolute Gasteiger partial charge is 0.161 e. The van der Waals surface area contributed by atoms with Crippen LogP contribution in [0.4, 0.5) is 0 Å². The summed E-state index contributed by atoms with van der Waals surface area (Å²) in [4.78, 5) is 10.6. The Morgan fingerprint density at radius 2 is 1.12 bits per heavy atom. The van der Waals surface area contributed by atoms with E-state index < -0.39 is 0 Å². The van der Waals surface area contributed by atoms with Gasteiger partial charge in [0.2, 0.25) is 0 Å². The molecule has 0 spiro atoms. The molecule has 0 aliphatic carbocycles. The largest absolute Gasteiger partial charge is 0.456 e. The summed E-state index contributed by atoms with van der Waals surface area (Å²) < 4.78 is 11.1. The lowest BCUT2D eigenvalue weighted by Gasteiger charge is -2.11. The van der Waals surface area contributed by atoms with Crippen LogP contribution in [0.25, 0.3) is 104 Å². The van der Waals surface area contributed by atoms with Crippen molar-refractivity contribution in [2.24, 2.45) is 0 Å². The predicted molar refractivity (Wildman–Crippen MR) is 213 cm³/mol. The van der Waals surface area contributed by atoms with Crippen LogP contribution in [0.2, 0.25) is 0 Å². The molecule has 51 heavy (non-hydrogen) atoms. The molecule has 0 N–H and O–H groups in total. The fourth-order valence-electron chi connectivity index (χ4n) is 7.78. The van der Waals surface area contributed by atoms with Gasteiger partial charge in [-0.05, 0) is 42.5 Å². The first-order chi connectivity index (χ1) is 25.3. The van der Waals surface area contributed by atoms with E-state index in [4.69, 9.17) is 14.4 Å². The van der Waals surface area contributed by atoms with Gasteiger partial charge in [-0.25, -0.2) is 9.97 Å². The second-order valence-corrected chi connectivity index (χ2v) is 13.9. The summed E-state index contributed by atoms with van der Waals surface area (Å²) in [6.45, 7) is 0. The zero-order valence-electron chi connectivity index (χ0n) is 27.2. The van der Waals surface area contributed by atoms with Crippen molar-refractivity contribution in [1.29, 1.82) is 0 Å². The molecule has 4 heterocycles. The van der Waals surface area contributed by atoms with Crippen LogP contribution < -0.4 is 0 Å². The first-order valence-corrected chi connectivity index (χ1v) is 17.9. The molecule has 0 fully saturated rings. The Balaban J connectivity index is 1.21. The van der Waals surface area contributed by atoms with Gasteiger partial charge in [-0.2, -0.15) is 0 Å². The van der Waals surface area contributed by atoms with Crippen LogP contribution in [-0.2, 0) is 0 Å². The molecule has 4 nitrogen and oxygen atoms in total. The van der Waals surface area contributed by atoms with E-state index in [1.807, 2.05) is 41.7 Å². The number of thiophene rings is 1. The van der Waals surface area contributed by atoms with Crippen LogP contribution in [0.5, 0.6) is 0 Å². The van der Waals surface area contributed by atoms with E-state index in [1.165, 1.54) is 42.0 Å². The van der Waals surface area contributed by atoms with E-state index in [1.54, 1.807) is 0 Å². The number of hydrogen-bond donors (Lipinski definition) is 0. The summed E-state index contributed by atoms with van der Waals surface area (Å²) in [5, 5.41) is 7.08. The minimum Gasteiger partial charge on any atom is -0.456 e. The zero-order valence-corrected chi connectivity index (χ0v) is 28.1. The Morgan fingerprint density at radius 3 is 2.00 bits per heavy atom. The van der Waals surface area contributed by atoms with Gasteiger partial charge in [0.1, 0.15) is 11.2 Å². The molecule has 5 heteroatoms. The van der Waals surface area contributed by atoms with Gasteiger partial charge in [-0.15, -0.1) is 11.3 Å². The third-order valence-corrected chi connectivity index (χ3v) is 11.3. The molecule has 0 atom stereocenters. The number of para-hydroxylation sites is 3. The van der Waals surface area contributed by atoms with Crippen molar-refractivity contribution in [2.45, 2.75) is 0 Å². The van der Waals surface area contributed by atoms with E-state index in [0.717, 1.165) is 55.7 Å². The highest BCUT2D eigenvalue weighted by Gasteiger charge is 2.21. The van der Waals surface area contributed by atoms with E-state index >= 15 is 0 Å². The number of hydrogen-bond acceptors (Lipinski definition) is 4. The minimum absolute atomic E-state index is 0.702. The molecule has 7 aromatic carbocycles. The Bertz CT molecular complexity index is 3140. The lowest BCUT2D eigenvalue weighted by atomic mass is 10.0. The van der Waals surface area contributed by atoms with Gasteiger partial charge in [0.15, 0.2) is 5.82 Å². The van der Waals surface area contributed by atoms with Crippen molar-refractivity contribution in [1.82, 2.24) is 14.5 Å². The maximum atomic E-state index is 6.29. The molecule has 0 aliphatic heterocycles. The molecule has 11 rings (SSSR count). The highest BCUT2D eigenvalue weighted by atomic mass is 32.1. The number of nitrogens with zero attached hydrogens (tertiary/aromatic N) is 3. The lowest BCUT2D eigenvalue weighted by Crippen LogP contribution is -1.96. The standard InChI is InChI=1S/C46H27N3OS/c1-3-13-28(14-4-1)37-27-38(34-20-12-24-41-42(34)35-18-8-10-23-40(35)50-41)48-46(47-37)36-21-11-19-32-33-26-25-31-30-17-7-9-22-39(30)49(29-15-5-2-6-16-29)43(31)45(33)51-44(32)36/h1-27H. The summed E-state index contributed by atoms with van der Waals surface area (Å²) in [6.07, 6.45) is 0. The third-order valence-electron chi connectivity index (χ3n) is 10.0. The van der Waals surface area contributed by atoms with Crippen LogP contribution in [-0.4, -0.2) is 14.5 Å². The number of furan rings is 1. The van der Waals surface area contributed by atoms with Crippen molar-refractivity contribution in [3.05, 3.63) is 164 Å². The van der Waals surface area contributed by atoms with Crippen molar-refractivity contribution < 1.29 is 4.42 Å². The lowest BCUT2D eigenvalue weighted by molar-refractivity contribution is 0.669. The van der Waals surface area contributed by atoms with E-state index in [9.17, 15) is 0 Å². The molecule has 0 saturated carbocycles. The van der Waals surface area contributed by atoms with Crippen LogP contribution in [0.3, 0.4) is 0 Å². The number of aromatic nitrogens is 3. The molecule has 4 aromatic heterocycles. The Morgan fingerprint density at radius 1 is 0.471 bits per heavy atom. The van der Waals surface area contributed by atoms with E-state index in [-0.39, 0.29) is 0 Å². The van der Waals surface area contributed by atoms with Crippen molar-refractivity contribution in [3.8, 4) is 39.6 Å². The predicted octanol–water partition coefficient (Wildman–Crippen LogP) is 12.8. The summed E-state index contributed by atoms with van der Waals surface area (Å²) in [5.41, 5.74) is 10.1. The molecule has 0 radical (unpaired) electrons. The number of rotatable bonds is 4. The normalized spacial score (nSPS) is 11.9. The minimum atomic E-state index is 0.702. The van der Waals surface area contributed by atoms with Crippen molar-refractivity contribution in [2.75, 3.05) is 0 Å². The fourth-order valence-corrected chi connectivity index (χ4v) is 9.12. The van der Waals surface area contributed by atoms with Gasteiger partial charge >= 0.3 is 0 Å². The molecule has 11 aromatic rings. The highest BCUT2D eigenvalue weighted by molar-refractivity contribution is 7.27. The van der Waals surface area contributed by atoms with Gasteiger partial charge in [0, 0.05) is 59.4 Å². The topological polar surface area (TPSA) is 43.9 Å². The molecule has 238 valence electrons. The van der Waals surface area contributed by atoms with E-state index in [0.29, 0.717) is 5.82 Å². The molecule has 0 bridgehead atoms. The Labute approximate surface area is 296 Å². The van der Waals surface area contributed by atoms with Gasteiger partial charge in [-0.3, -0.25) is 0 Å². The maximum Gasteiger partial charge on any atom is 0.161 e. The quantitative estimate of drug-likeness (QED) is 0.187. The van der Waals surface area contributed by atoms with Gasteiger partial charge in [0.25, 0.3) is 0 Å². The molecule has 0 amide bonds. The highest BCUT2D eigenvalue weighted by Crippen LogP contribution is 2.46. The second-order valence-electron chi connectivity index (χ2n) is 12.9. The van der Waals surface area contributed by atoms with Crippen molar-refractivity contribution >= 4 is 75.3 Å². The van der Waals surface area contributed by atoms with Gasteiger partial charge < -0.3 is 8.98 Å². The SMILES string of the molecule is c1ccc(-c2cc(-c3cccc4oc5ccccc5c34)nc(-c3cccc4c3sc3c4ccc4c5ccccc5n(-c5ccccc5)c43)n2)cc1. The summed E-state index contributed by atoms with van der Waals surface area (Å²) >= 11 is 1.83. The maximum absolute atomic E-state index is 6.29. The van der Waals surface area contributed by atoms with Crippen LogP contribution >= 0.6 is 11.3 Å². The van der Waals surface area contributed by atoms with Crippen LogP contribution in [0.15, 0.2) is 168 Å². The summed E-state index contributed by atoms with van der Waals surface area (Å²) in [5.74, 6) is 0.702. The average Bonchev–Trinajstić information content (AvgIpc) is 3.88. The molecule has 0 unspecified atom stereocenters. The third kappa shape index (κ3) is 4.25. The first-order valence-electron chi connectivity index (χ1n) is 17.1. The van der Waals surface area contributed by atoms with Crippen LogP contribution in [0.1, 0.15) is 0 Å². The van der Waals surface area contributed by atoms with Gasteiger partial charge in [-0.1, -0.05) is 121 Å². The average molecular weight is 670 g/mol. The van der Waals surface area contributed by atoms with Gasteiger partial charge in [0.05, 0.1) is 27.1 Å². The van der Waals surface area contributed by atoms with Crippen molar-refractivity contribution in [3.63, 3.8) is 0 Å². The Hall–Kier alpha value is -6.56. The fraction of sp³-hybridized carbons (Fsp3) is 0. The monoisotopic (exact) mass is 669 g/mol. The molecular weight excluding hydrogens is 643 g/mol. The Kier molecular flexibility index (Phi) is 6.09. The van der Waals surface area contributed by atoms with Crippen LogP contribution in [0, 0.1) is 0 Å². The van der Waals surface area contributed by atoms with E-state index in [2.05, 4.69) is 138 Å². The second kappa shape index (κ2) is 11.0. The number of benzene rings is 7. The molecular formula is C46H27N3OS. The molecule has 0 aliphatic rings. The summed E-state index contributed by atoms with van der Waals surface area (Å²) in [7, 11) is 0. The summed E-state index contributed by atoms with van der Waals surface area (Å²) in [6, 6.07) is 57.5. The first kappa shape index (κ1) is 28.3. The zero-order chi connectivity index (χ0) is 33.5.